The first kappa shape index (κ1) is 19.2. The molecule has 25 heavy (non-hydrogen) atoms. The van der Waals surface area contributed by atoms with Crippen LogP contribution in [0.25, 0.3) is 0 Å². The molecule has 0 unspecified atom stereocenters. The van der Waals surface area contributed by atoms with Crippen molar-refractivity contribution in [1.29, 1.82) is 0 Å². The Morgan fingerprint density at radius 2 is 1.92 bits per heavy atom. The van der Waals surface area contributed by atoms with Gasteiger partial charge < -0.3 is 15.4 Å². The molecule has 2 rings (SSSR count). The van der Waals surface area contributed by atoms with Crippen LogP contribution in [0.1, 0.15) is 12.8 Å². The van der Waals surface area contributed by atoms with Gasteiger partial charge in [-0.05, 0) is 32.0 Å². The van der Waals surface area contributed by atoms with Crippen molar-refractivity contribution in [1.82, 2.24) is 10.2 Å². The predicted octanol–water partition coefficient (Wildman–Crippen LogP) is 1.27. The number of carbonyl (C=O) groups excluding carboxylic acids is 2. The van der Waals surface area contributed by atoms with E-state index < -0.39 is 29.0 Å². The molecule has 0 radical (unpaired) electrons. The van der Waals surface area contributed by atoms with E-state index in [-0.39, 0.29) is 25.1 Å². The summed E-state index contributed by atoms with van der Waals surface area (Å²) >= 11 is 0. The summed E-state index contributed by atoms with van der Waals surface area (Å²) in [7, 11) is 1.53. The lowest BCUT2D eigenvalue weighted by atomic mass is 10.2. The monoisotopic (exact) mass is 359 g/mol. The molecule has 1 atom stereocenters. The Kier molecular flexibility index (Phi) is 6.77. The van der Waals surface area contributed by atoms with E-state index in [4.69, 9.17) is 4.74 Å². The summed E-state index contributed by atoms with van der Waals surface area (Å²) in [5, 5.41) is 4.86. The van der Waals surface area contributed by atoms with Gasteiger partial charge in [-0.3, -0.25) is 14.5 Å². The topological polar surface area (TPSA) is 70.7 Å². The van der Waals surface area contributed by atoms with Crippen LogP contribution < -0.4 is 10.6 Å². The molecule has 138 valence electrons. The van der Waals surface area contributed by atoms with Crippen molar-refractivity contribution in [2.24, 2.45) is 0 Å². The summed E-state index contributed by atoms with van der Waals surface area (Å²) in [6.07, 6.45) is 1.90. The van der Waals surface area contributed by atoms with Crippen molar-refractivity contribution in [2.75, 3.05) is 38.6 Å². The van der Waals surface area contributed by atoms with E-state index in [1.165, 1.54) is 11.9 Å². The van der Waals surface area contributed by atoms with E-state index in [9.17, 15) is 22.8 Å². The number of anilines is 1. The highest BCUT2D eigenvalue weighted by molar-refractivity contribution is 5.92. The summed E-state index contributed by atoms with van der Waals surface area (Å²) in [6, 6.07) is 1.65. The standard InChI is InChI=1S/C16H20F3N3O3/c1-22(8-13(23)20-7-10-3-2-6-25-10)9-14(24)21-12-5-4-11(17)15(18)16(12)19/h4-5,10H,2-3,6-9H2,1H3,(H,20,23)(H,21,24)/t10-/m1/s1. The molecule has 1 aromatic rings. The number of benzene rings is 1. The van der Waals surface area contributed by atoms with Gasteiger partial charge in [-0.1, -0.05) is 0 Å². The van der Waals surface area contributed by atoms with Crippen LogP contribution in [0.3, 0.4) is 0 Å². The third-order valence-corrected chi connectivity index (χ3v) is 3.69. The zero-order chi connectivity index (χ0) is 18.4. The van der Waals surface area contributed by atoms with Gasteiger partial charge in [-0.25, -0.2) is 13.2 Å². The van der Waals surface area contributed by atoms with Gasteiger partial charge >= 0.3 is 0 Å². The van der Waals surface area contributed by atoms with Gasteiger partial charge in [0.15, 0.2) is 17.5 Å². The smallest absolute Gasteiger partial charge is 0.238 e. The van der Waals surface area contributed by atoms with Crippen molar-refractivity contribution in [3.8, 4) is 0 Å². The SMILES string of the molecule is CN(CC(=O)NC[C@H]1CCCO1)CC(=O)Nc1ccc(F)c(F)c1F. The molecule has 1 fully saturated rings. The van der Waals surface area contributed by atoms with Gasteiger partial charge in [0.2, 0.25) is 11.8 Å². The van der Waals surface area contributed by atoms with E-state index in [1.54, 1.807) is 0 Å². The number of likely N-dealkylation sites (N-methyl/N-ethyl adjacent to an activating group) is 1. The number of amides is 2. The van der Waals surface area contributed by atoms with Crippen LogP contribution in [-0.4, -0.2) is 56.1 Å². The lowest BCUT2D eigenvalue weighted by Gasteiger charge is -2.17. The summed E-state index contributed by atoms with van der Waals surface area (Å²) in [6.45, 7) is 0.853. The Bertz CT molecular complexity index is 637. The minimum Gasteiger partial charge on any atom is -0.376 e. The van der Waals surface area contributed by atoms with Crippen LogP contribution in [-0.2, 0) is 14.3 Å². The molecule has 0 aromatic heterocycles. The van der Waals surface area contributed by atoms with Crippen LogP contribution in [0.5, 0.6) is 0 Å². The van der Waals surface area contributed by atoms with Gasteiger partial charge in [0.1, 0.15) is 0 Å². The number of nitrogens with zero attached hydrogens (tertiary/aromatic N) is 1. The van der Waals surface area contributed by atoms with Gasteiger partial charge in [-0.2, -0.15) is 0 Å². The molecule has 0 spiro atoms. The zero-order valence-electron chi connectivity index (χ0n) is 13.8. The average Bonchev–Trinajstić information content (AvgIpc) is 3.07. The predicted molar refractivity (Wildman–Crippen MR) is 84.4 cm³/mol. The number of hydrogen-bond acceptors (Lipinski definition) is 4. The molecule has 1 saturated heterocycles. The Labute approximate surface area is 143 Å². The van der Waals surface area contributed by atoms with Crippen molar-refractivity contribution in [3.05, 3.63) is 29.6 Å². The summed E-state index contributed by atoms with van der Waals surface area (Å²) in [5.41, 5.74) is -0.458. The zero-order valence-corrected chi connectivity index (χ0v) is 13.8. The number of rotatable bonds is 7. The first-order chi connectivity index (χ1) is 11.9. The highest BCUT2D eigenvalue weighted by Crippen LogP contribution is 2.19. The second-order valence-corrected chi connectivity index (χ2v) is 5.88. The minimum absolute atomic E-state index is 0.0221. The molecule has 1 aliphatic heterocycles. The van der Waals surface area contributed by atoms with Crippen LogP contribution in [0.2, 0.25) is 0 Å². The summed E-state index contributed by atoms with van der Waals surface area (Å²) in [5.74, 6) is -5.38. The van der Waals surface area contributed by atoms with E-state index in [2.05, 4.69) is 10.6 Å². The maximum atomic E-state index is 13.5. The first-order valence-corrected chi connectivity index (χ1v) is 7.87. The molecule has 6 nitrogen and oxygen atoms in total. The normalized spacial score (nSPS) is 16.9. The third kappa shape index (κ3) is 5.71. The quantitative estimate of drug-likeness (QED) is 0.720. The molecular weight excluding hydrogens is 339 g/mol. The van der Waals surface area contributed by atoms with Crippen LogP contribution in [0.15, 0.2) is 12.1 Å². The average molecular weight is 359 g/mol. The molecule has 0 saturated carbocycles. The highest BCUT2D eigenvalue weighted by atomic mass is 19.2. The van der Waals surface area contributed by atoms with E-state index in [1.807, 2.05) is 0 Å². The Morgan fingerprint density at radius 3 is 2.60 bits per heavy atom. The van der Waals surface area contributed by atoms with Crippen LogP contribution >= 0.6 is 0 Å². The molecule has 2 amide bonds. The van der Waals surface area contributed by atoms with Gasteiger partial charge in [0.25, 0.3) is 0 Å². The number of carbonyl (C=O) groups is 2. The first-order valence-electron chi connectivity index (χ1n) is 7.87. The van der Waals surface area contributed by atoms with E-state index in [0.29, 0.717) is 13.2 Å². The van der Waals surface area contributed by atoms with Crippen molar-refractivity contribution in [3.63, 3.8) is 0 Å². The number of ether oxygens (including phenoxy) is 1. The fourth-order valence-corrected chi connectivity index (χ4v) is 2.45. The summed E-state index contributed by atoms with van der Waals surface area (Å²) < 4.78 is 44.8. The number of halogens is 3. The third-order valence-electron chi connectivity index (χ3n) is 3.69. The molecule has 2 N–H and O–H groups in total. The maximum absolute atomic E-state index is 13.5. The molecule has 0 aliphatic carbocycles. The maximum Gasteiger partial charge on any atom is 0.238 e. The number of nitrogens with one attached hydrogen (secondary N) is 2. The molecular formula is C16H20F3N3O3. The lowest BCUT2D eigenvalue weighted by molar-refractivity contribution is -0.123. The Balaban J connectivity index is 1.75. The van der Waals surface area contributed by atoms with Crippen molar-refractivity contribution in [2.45, 2.75) is 18.9 Å². The van der Waals surface area contributed by atoms with Gasteiger partial charge in [-0.15, -0.1) is 0 Å². The largest absolute Gasteiger partial charge is 0.376 e. The van der Waals surface area contributed by atoms with Crippen LogP contribution in [0.4, 0.5) is 18.9 Å². The molecule has 9 heteroatoms. The molecule has 1 aliphatic rings. The van der Waals surface area contributed by atoms with Crippen molar-refractivity contribution < 1.29 is 27.5 Å². The molecule has 1 aromatic carbocycles. The Hall–Kier alpha value is -2.13. The summed E-state index contributed by atoms with van der Waals surface area (Å²) in [4.78, 5) is 25.0. The molecule has 1 heterocycles. The van der Waals surface area contributed by atoms with E-state index in [0.717, 1.165) is 25.0 Å². The van der Waals surface area contributed by atoms with Crippen molar-refractivity contribution >= 4 is 17.5 Å². The lowest BCUT2D eigenvalue weighted by Crippen LogP contribution is -2.41. The fraction of sp³-hybridized carbons (Fsp3) is 0.500. The molecule has 0 bridgehead atoms. The van der Waals surface area contributed by atoms with Crippen LogP contribution in [0, 0.1) is 17.5 Å². The minimum atomic E-state index is -1.65. The van der Waals surface area contributed by atoms with Gasteiger partial charge in [0, 0.05) is 13.2 Å². The van der Waals surface area contributed by atoms with E-state index >= 15 is 0 Å². The second kappa shape index (κ2) is 8.82. The Morgan fingerprint density at radius 1 is 1.20 bits per heavy atom. The highest BCUT2D eigenvalue weighted by Gasteiger charge is 2.18. The van der Waals surface area contributed by atoms with Gasteiger partial charge in [0.05, 0.1) is 24.9 Å². The fourth-order valence-electron chi connectivity index (χ4n) is 2.45. The number of hydrogen-bond donors (Lipinski definition) is 2. The second-order valence-electron chi connectivity index (χ2n) is 5.88.